The van der Waals surface area contributed by atoms with Crippen molar-refractivity contribution in [1.29, 1.82) is 0 Å². The molecule has 4 atom stereocenters. The largest absolute Gasteiger partial charge is 0.395 e. The number of nitrogens with one attached hydrogen (secondary N) is 1. The normalized spacial score (nSPS) is 43.2. The molecule has 0 aromatic carbocycles. The number of hydrogen-bond donors (Lipinski definition) is 2. The molecule has 0 aromatic rings. The maximum absolute atomic E-state index is 9.11. The molecule has 15 heavy (non-hydrogen) atoms. The third-order valence-corrected chi connectivity index (χ3v) is 4.77. The predicted octanol–water partition coefficient (Wildman–Crippen LogP) is 0.914. The van der Waals surface area contributed by atoms with E-state index in [9.17, 15) is 0 Å². The summed E-state index contributed by atoms with van der Waals surface area (Å²) in [5, 5.41) is 12.7. The van der Waals surface area contributed by atoms with Crippen LogP contribution in [-0.4, -0.2) is 36.5 Å². The molecule has 1 spiro atoms. The molecular weight excluding hydrogens is 190 g/mol. The second kappa shape index (κ2) is 3.44. The molecule has 3 rings (SSSR count). The average molecular weight is 211 g/mol. The number of aliphatic hydroxyl groups excluding tert-OH is 1. The Morgan fingerprint density at radius 2 is 2.33 bits per heavy atom. The quantitative estimate of drug-likeness (QED) is 0.729. The van der Waals surface area contributed by atoms with Gasteiger partial charge in [-0.2, -0.15) is 0 Å². The first-order valence-electron chi connectivity index (χ1n) is 6.26. The van der Waals surface area contributed by atoms with E-state index < -0.39 is 0 Å². The Morgan fingerprint density at radius 3 is 2.93 bits per heavy atom. The molecule has 1 saturated heterocycles. The summed E-state index contributed by atoms with van der Waals surface area (Å²) in [7, 11) is 0. The Bertz CT molecular complexity index is 252. The first-order chi connectivity index (χ1) is 7.28. The van der Waals surface area contributed by atoms with Gasteiger partial charge in [0.1, 0.15) is 0 Å². The minimum absolute atomic E-state index is 0.231. The van der Waals surface area contributed by atoms with E-state index in [1.807, 2.05) is 0 Å². The van der Waals surface area contributed by atoms with Gasteiger partial charge < -0.3 is 15.2 Å². The van der Waals surface area contributed by atoms with Crippen LogP contribution < -0.4 is 5.32 Å². The van der Waals surface area contributed by atoms with Gasteiger partial charge in [-0.15, -0.1) is 0 Å². The molecule has 0 aromatic heterocycles. The molecule has 2 N–H and O–H groups in total. The van der Waals surface area contributed by atoms with Crippen molar-refractivity contribution in [2.45, 2.75) is 50.8 Å². The van der Waals surface area contributed by atoms with Gasteiger partial charge in [-0.05, 0) is 26.2 Å². The highest BCUT2D eigenvalue weighted by Gasteiger charge is 2.66. The van der Waals surface area contributed by atoms with Crippen LogP contribution in [0, 0.1) is 11.3 Å². The van der Waals surface area contributed by atoms with Crippen LogP contribution in [0.15, 0.2) is 0 Å². The number of fused-ring (bicyclic) bond motifs is 2. The summed E-state index contributed by atoms with van der Waals surface area (Å²) in [5.41, 5.74) is 0.449. The third-order valence-electron chi connectivity index (χ3n) is 4.77. The Kier molecular flexibility index (Phi) is 2.31. The highest BCUT2D eigenvalue weighted by molar-refractivity contribution is 5.18. The summed E-state index contributed by atoms with van der Waals surface area (Å²) in [6.07, 6.45) is 5.75. The first-order valence-corrected chi connectivity index (χ1v) is 6.26. The molecule has 86 valence electrons. The molecule has 1 aliphatic heterocycles. The molecule has 2 aliphatic carbocycles. The summed E-state index contributed by atoms with van der Waals surface area (Å²) in [4.78, 5) is 0. The van der Waals surface area contributed by atoms with Gasteiger partial charge in [0, 0.05) is 30.0 Å². The highest BCUT2D eigenvalue weighted by atomic mass is 16.5. The maximum atomic E-state index is 9.11. The fraction of sp³-hybridized carbons (Fsp3) is 1.00. The second-order valence-corrected chi connectivity index (χ2v) is 5.56. The number of ether oxygens (including phenoxy) is 1. The standard InChI is InChI=1S/C12H21NO2/c1-8(7-14)13-10-9-3-6-15-11(9)12(10)4-2-5-12/h8-11,13-14H,2-7H2,1H3. The Labute approximate surface area is 91.2 Å². The van der Waals surface area contributed by atoms with Gasteiger partial charge in [0.15, 0.2) is 0 Å². The van der Waals surface area contributed by atoms with Crippen LogP contribution >= 0.6 is 0 Å². The second-order valence-electron chi connectivity index (χ2n) is 5.56. The summed E-state index contributed by atoms with van der Waals surface area (Å²) < 4.78 is 5.85. The summed E-state index contributed by atoms with van der Waals surface area (Å²) in [6.45, 7) is 3.25. The van der Waals surface area contributed by atoms with Crippen LogP contribution in [-0.2, 0) is 4.74 Å². The van der Waals surface area contributed by atoms with Gasteiger partial charge in [0.2, 0.25) is 0 Å². The van der Waals surface area contributed by atoms with Crippen LogP contribution in [0.5, 0.6) is 0 Å². The van der Waals surface area contributed by atoms with Crippen LogP contribution in [0.1, 0.15) is 32.6 Å². The van der Waals surface area contributed by atoms with Crippen molar-refractivity contribution in [2.24, 2.45) is 11.3 Å². The summed E-state index contributed by atoms with van der Waals surface area (Å²) in [6, 6.07) is 0.843. The van der Waals surface area contributed by atoms with E-state index in [1.54, 1.807) is 0 Å². The molecule has 3 aliphatic rings. The van der Waals surface area contributed by atoms with E-state index >= 15 is 0 Å². The third kappa shape index (κ3) is 1.23. The monoisotopic (exact) mass is 211 g/mol. The molecule has 0 bridgehead atoms. The molecule has 4 unspecified atom stereocenters. The number of hydrogen-bond acceptors (Lipinski definition) is 3. The molecule has 3 fully saturated rings. The molecule has 3 nitrogen and oxygen atoms in total. The molecule has 0 amide bonds. The van der Waals surface area contributed by atoms with E-state index in [1.165, 1.54) is 25.7 Å². The van der Waals surface area contributed by atoms with Crippen molar-refractivity contribution >= 4 is 0 Å². The van der Waals surface area contributed by atoms with Crippen molar-refractivity contribution < 1.29 is 9.84 Å². The summed E-state index contributed by atoms with van der Waals surface area (Å²) in [5.74, 6) is 0.722. The molecule has 0 radical (unpaired) electrons. The topological polar surface area (TPSA) is 41.5 Å². The van der Waals surface area contributed by atoms with E-state index in [-0.39, 0.29) is 12.6 Å². The van der Waals surface area contributed by atoms with Gasteiger partial charge in [-0.3, -0.25) is 0 Å². The smallest absolute Gasteiger partial charge is 0.0690 e. The molecular formula is C12H21NO2. The fourth-order valence-corrected chi connectivity index (χ4v) is 3.85. The van der Waals surface area contributed by atoms with E-state index in [0.717, 1.165) is 12.5 Å². The minimum Gasteiger partial charge on any atom is -0.395 e. The first kappa shape index (κ1) is 10.1. The minimum atomic E-state index is 0.231. The van der Waals surface area contributed by atoms with Crippen LogP contribution in [0.2, 0.25) is 0 Å². The van der Waals surface area contributed by atoms with Gasteiger partial charge in [-0.1, -0.05) is 6.42 Å². The lowest BCUT2D eigenvalue weighted by molar-refractivity contribution is -0.178. The van der Waals surface area contributed by atoms with Crippen LogP contribution in [0.25, 0.3) is 0 Å². The highest BCUT2D eigenvalue weighted by Crippen LogP contribution is 2.62. The number of rotatable bonds is 3. The molecule has 3 heteroatoms. The predicted molar refractivity (Wildman–Crippen MR) is 57.6 cm³/mol. The molecule has 2 saturated carbocycles. The van der Waals surface area contributed by atoms with Crippen LogP contribution in [0.4, 0.5) is 0 Å². The van der Waals surface area contributed by atoms with Crippen LogP contribution in [0.3, 0.4) is 0 Å². The van der Waals surface area contributed by atoms with E-state index in [0.29, 0.717) is 17.6 Å². The van der Waals surface area contributed by atoms with Crippen molar-refractivity contribution in [3.8, 4) is 0 Å². The lowest BCUT2D eigenvalue weighted by atomic mass is 9.46. The van der Waals surface area contributed by atoms with Crippen molar-refractivity contribution in [3.05, 3.63) is 0 Å². The van der Waals surface area contributed by atoms with Crippen molar-refractivity contribution in [2.75, 3.05) is 13.2 Å². The lowest BCUT2D eigenvalue weighted by Gasteiger charge is -2.64. The Balaban J connectivity index is 1.70. The van der Waals surface area contributed by atoms with Gasteiger partial charge >= 0.3 is 0 Å². The Hall–Kier alpha value is -0.120. The average Bonchev–Trinajstić information content (AvgIpc) is 2.57. The van der Waals surface area contributed by atoms with E-state index in [2.05, 4.69) is 12.2 Å². The fourth-order valence-electron chi connectivity index (χ4n) is 3.85. The zero-order valence-corrected chi connectivity index (χ0v) is 9.41. The van der Waals surface area contributed by atoms with E-state index in [4.69, 9.17) is 9.84 Å². The molecule has 1 heterocycles. The zero-order chi connectivity index (χ0) is 10.5. The van der Waals surface area contributed by atoms with Gasteiger partial charge in [0.25, 0.3) is 0 Å². The Morgan fingerprint density at radius 1 is 1.53 bits per heavy atom. The maximum Gasteiger partial charge on any atom is 0.0690 e. The SMILES string of the molecule is CC(CO)NC1C2CCOC2C12CCC2. The lowest BCUT2D eigenvalue weighted by Crippen LogP contribution is -2.72. The number of aliphatic hydroxyl groups is 1. The zero-order valence-electron chi connectivity index (χ0n) is 9.41. The van der Waals surface area contributed by atoms with Gasteiger partial charge in [0.05, 0.1) is 12.7 Å². The van der Waals surface area contributed by atoms with Crippen molar-refractivity contribution in [1.82, 2.24) is 5.32 Å². The summed E-state index contributed by atoms with van der Waals surface area (Å²) >= 11 is 0. The van der Waals surface area contributed by atoms with Gasteiger partial charge in [-0.25, -0.2) is 0 Å². The van der Waals surface area contributed by atoms with Crippen molar-refractivity contribution in [3.63, 3.8) is 0 Å².